The normalized spacial score (nSPS) is 10.2. The molecule has 98 valence electrons. The number of carbonyl (C=O) groups is 3. The first-order chi connectivity index (χ1) is 9.10. The average Bonchev–Trinajstić information content (AvgIpc) is 2.88. The van der Waals surface area contributed by atoms with Crippen molar-refractivity contribution in [3.8, 4) is 0 Å². The summed E-state index contributed by atoms with van der Waals surface area (Å²) in [7, 11) is 2.40. The maximum absolute atomic E-state index is 11.8. The second kappa shape index (κ2) is 4.93. The number of aromatic nitrogens is 1. The van der Waals surface area contributed by atoms with E-state index >= 15 is 0 Å². The van der Waals surface area contributed by atoms with Gasteiger partial charge >= 0.3 is 11.9 Å². The quantitative estimate of drug-likeness (QED) is 0.511. The van der Waals surface area contributed by atoms with Gasteiger partial charge in [0.05, 0.1) is 30.9 Å². The Balaban J connectivity index is 2.59. The molecule has 0 atom stereocenters. The van der Waals surface area contributed by atoms with Crippen LogP contribution in [0.2, 0.25) is 0 Å². The number of methoxy groups -OCH3 is 2. The van der Waals surface area contributed by atoms with Crippen LogP contribution in [-0.4, -0.2) is 36.9 Å². The predicted octanol–water partition coefficient (Wildman–Crippen LogP) is 1.31. The van der Waals surface area contributed by atoms with Crippen LogP contribution in [0.15, 0.2) is 24.4 Å². The Kier molecular flexibility index (Phi) is 3.33. The topological polar surface area (TPSA) is 85.5 Å². The summed E-state index contributed by atoms with van der Waals surface area (Å²) in [5.74, 6) is -2.25. The van der Waals surface area contributed by atoms with Crippen LogP contribution in [0, 0.1) is 0 Å². The molecule has 0 saturated heterocycles. The van der Waals surface area contributed by atoms with E-state index in [0.29, 0.717) is 16.5 Å². The highest BCUT2D eigenvalue weighted by atomic mass is 16.5. The Morgan fingerprint density at radius 2 is 1.79 bits per heavy atom. The van der Waals surface area contributed by atoms with E-state index in [1.165, 1.54) is 13.3 Å². The first kappa shape index (κ1) is 12.8. The fraction of sp³-hybridized carbons (Fsp3) is 0.154. The molecule has 0 saturated carbocycles. The summed E-state index contributed by atoms with van der Waals surface area (Å²) in [6.45, 7) is 0. The van der Waals surface area contributed by atoms with Crippen LogP contribution < -0.4 is 0 Å². The van der Waals surface area contributed by atoms with Crippen molar-refractivity contribution < 1.29 is 23.9 Å². The zero-order valence-electron chi connectivity index (χ0n) is 10.4. The van der Waals surface area contributed by atoms with Crippen LogP contribution >= 0.6 is 0 Å². The number of hydrogen-bond donors (Lipinski definition) is 1. The second-order valence-corrected chi connectivity index (χ2v) is 3.74. The molecule has 6 nitrogen and oxygen atoms in total. The van der Waals surface area contributed by atoms with Crippen molar-refractivity contribution >= 4 is 28.6 Å². The number of ketones is 1. The Morgan fingerprint density at radius 3 is 2.42 bits per heavy atom. The van der Waals surface area contributed by atoms with Gasteiger partial charge in [-0.2, -0.15) is 0 Å². The number of ether oxygens (including phenoxy) is 2. The molecule has 19 heavy (non-hydrogen) atoms. The minimum Gasteiger partial charge on any atom is -0.465 e. The summed E-state index contributed by atoms with van der Waals surface area (Å²) >= 11 is 0. The van der Waals surface area contributed by atoms with Crippen molar-refractivity contribution in [1.29, 1.82) is 0 Å². The molecule has 2 aromatic rings. The molecule has 0 radical (unpaired) electrons. The number of hydrogen-bond acceptors (Lipinski definition) is 5. The molecule has 1 aromatic carbocycles. The Labute approximate surface area is 108 Å². The smallest absolute Gasteiger partial charge is 0.379 e. The Hall–Kier alpha value is -2.63. The monoisotopic (exact) mass is 261 g/mol. The number of benzene rings is 1. The number of Topliss-reactive ketones (excluding diaryl/α,β-unsaturated/α-hetero) is 1. The second-order valence-electron chi connectivity index (χ2n) is 3.74. The van der Waals surface area contributed by atoms with Crippen LogP contribution in [0.1, 0.15) is 20.7 Å². The summed E-state index contributed by atoms with van der Waals surface area (Å²) in [4.78, 5) is 37.4. The van der Waals surface area contributed by atoms with Crippen molar-refractivity contribution in [3.05, 3.63) is 35.5 Å². The van der Waals surface area contributed by atoms with Crippen LogP contribution in [0.4, 0.5) is 0 Å². The van der Waals surface area contributed by atoms with Gasteiger partial charge in [0.15, 0.2) is 0 Å². The van der Waals surface area contributed by atoms with Crippen molar-refractivity contribution in [3.63, 3.8) is 0 Å². The molecule has 1 N–H and O–H groups in total. The molecule has 0 aliphatic carbocycles. The third kappa shape index (κ3) is 2.08. The number of carbonyl (C=O) groups excluding carboxylic acids is 3. The molecule has 0 spiro atoms. The van der Waals surface area contributed by atoms with Gasteiger partial charge in [-0.25, -0.2) is 9.59 Å². The highest BCUT2D eigenvalue weighted by Gasteiger charge is 2.22. The number of H-pyrrole nitrogens is 1. The van der Waals surface area contributed by atoms with Crippen molar-refractivity contribution in [1.82, 2.24) is 4.98 Å². The minimum absolute atomic E-state index is 0.160. The predicted molar refractivity (Wildman–Crippen MR) is 66.0 cm³/mol. The van der Waals surface area contributed by atoms with Gasteiger partial charge in [-0.1, -0.05) is 12.1 Å². The fourth-order valence-electron chi connectivity index (χ4n) is 1.82. The lowest BCUT2D eigenvalue weighted by atomic mass is 10.1. The third-order valence-electron chi connectivity index (χ3n) is 2.74. The molecular formula is C13H11NO5. The van der Waals surface area contributed by atoms with E-state index in [-0.39, 0.29) is 5.56 Å². The number of esters is 2. The molecule has 0 amide bonds. The van der Waals surface area contributed by atoms with Gasteiger partial charge in [-0.05, 0) is 6.07 Å². The number of aromatic amines is 1. The fourth-order valence-corrected chi connectivity index (χ4v) is 1.82. The maximum atomic E-state index is 11.8. The number of rotatable bonds is 3. The average molecular weight is 261 g/mol. The largest absolute Gasteiger partial charge is 0.465 e. The molecule has 0 fully saturated rings. The highest BCUT2D eigenvalue weighted by molar-refractivity contribution is 6.43. The lowest BCUT2D eigenvalue weighted by Gasteiger charge is -2.01. The van der Waals surface area contributed by atoms with Gasteiger partial charge < -0.3 is 14.5 Å². The van der Waals surface area contributed by atoms with E-state index in [9.17, 15) is 14.4 Å². The van der Waals surface area contributed by atoms with Crippen LogP contribution in [0.5, 0.6) is 0 Å². The van der Waals surface area contributed by atoms with E-state index < -0.39 is 17.7 Å². The zero-order valence-corrected chi connectivity index (χ0v) is 10.4. The number of fused-ring (bicyclic) bond motifs is 1. The first-order valence-electron chi connectivity index (χ1n) is 5.41. The molecule has 0 aliphatic rings. The highest BCUT2D eigenvalue weighted by Crippen LogP contribution is 2.23. The van der Waals surface area contributed by atoms with Crippen molar-refractivity contribution in [2.75, 3.05) is 14.2 Å². The summed E-state index contributed by atoms with van der Waals surface area (Å²) in [6, 6.07) is 4.81. The lowest BCUT2D eigenvalue weighted by molar-refractivity contribution is -0.135. The van der Waals surface area contributed by atoms with E-state index in [0.717, 1.165) is 7.11 Å². The molecule has 1 aromatic heterocycles. The van der Waals surface area contributed by atoms with Gasteiger partial charge in [0, 0.05) is 11.6 Å². The van der Waals surface area contributed by atoms with E-state index in [4.69, 9.17) is 0 Å². The molecule has 0 aliphatic heterocycles. The number of para-hydroxylation sites is 1. The van der Waals surface area contributed by atoms with E-state index in [2.05, 4.69) is 14.5 Å². The molecule has 6 heteroatoms. The van der Waals surface area contributed by atoms with Crippen LogP contribution in [0.25, 0.3) is 10.9 Å². The number of nitrogens with one attached hydrogen (secondary N) is 1. The zero-order chi connectivity index (χ0) is 14.0. The summed E-state index contributed by atoms with van der Waals surface area (Å²) < 4.78 is 9.04. The SMILES string of the molecule is COC(=O)C(=O)c1c[nH]c2c(C(=O)OC)cccc12. The van der Waals surface area contributed by atoms with E-state index in [1.807, 2.05) is 0 Å². The van der Waals surface area contributed by atoms with Gasteiger partial charge in [0.1, 0.15) is 0 Å². The third-order valence-corrected chi connectivity index (χ3v) is 2.74. The standard InChI is InChI=1S/C13H11NO5/c1-18-12(16)8-5-3-4-7-9(6-14-10(7)8)11(15)13(17)19-2/h3-6,14H,1-2H3. The lowest BCUT2D eigenvalue weighted by Crippen LogP contribution is -2.15. The summed E-state index contributed by atoms with van der Waals surface area (Å²) in [5, 5.41) is 0.471. The van der Waals surface area contributed by atoms with E-state index in [1.54, 1.807) is 18.2 Å². The summed E-state index contributed by atoms with van der Waals surface area (Å²) in [5.41, 5.74) is 0.901. The summed E-state index contributed by atoms with van der Waals surface area (Å²) in [6.07, 6.45) is 1.37. The molecule has 0 bridgehead atoms. The van der Waals surface area contributed by atoms with Gasteiger partial charge in [-0.3, -0.25) is 4.79 Å². The van der Waals surface area contributed by atoms with Gasteiger partial charge in [0.2, 0.25) is 0 Å². The van der Waals surface area contributed by atoms with Gasteiger partial charge in [0.25, 0.3) is 5.78 Å². The van der Waals surface area contributed by atoms with Crippen LogP contribution in [0.3, 0.4) is 0 Å². The maximum Gasteiger partial charge on any atom is 0.379 e. The first-order valence-corrected chi connectivity index (χ1v) is 5.41. The molecule has 0 unspecified atom stereocenters. The molecule has 1 heterocycles. The minimum atomic E-state index is -0.954. The Bertz CT molecular complexity index is 671. The van der Waals surface area contributed by atoms with Crippen LogP contribution in [-0.2, 0) is 14.3 Å². The molecular weight excluding hydrogens is 250 g/mol. The van der Waals surface area contributed by atoms with Gasteiger partial charge in [-0.15, -0.1) is 0 Å². The van der Waals surface area contributed by atoms with Crippen molar-refractivity contribution in [2.24, 2.45) is 0 Å². The Morgan fingerprint density at radius 1 is 1.05 bits per heavy atom. The van der Waals surface area contributed by atoms with Crippen molar-refractivity contribution in [2.45, 2.75) is 0 Å². The molecule has 2 rings (SSSR count).